The van der Waals surface area contributed by atoms with E-state index < -0.39 is 17.8 Å². The van der Waals surface area contributed by atoms with Crippen LogP contribution in [0.15, 0.2) is 54.6 Å². The fourth-order valence-electron chi connectivity index (χ4n) is 2.72. The first-order valence-corrected chi connectivity index (χ1v) is 8.32. The molecule has 1 aromatic heterocycles. The third kappa shape index (κ3) is 4.46. The molecule has 5 nitrogen and oxygen atoms in total. The number of aromatic carboxylic acids is 1. The Morgan fingerprint density at radius 1 is 1.07 bits per heavy atom. The number of alkyl halides is 3. The Balaban J connectivity index is 1.76. The molecule has 0 fully saturated rings. The van der Waals surface area contributed by atoms with E-state index in [-0.39, 0.29) is 23.8 Å². The molecular formula is C20H16F3N3O2. The van der Waals surface area contributed by atoms with E-state index in [4.69, 9.17) is 0 Å². The van der Waals surface area contributed by atoms with Gasteiger partial charge in [-0.1, -0.05) is 42.5 Å². The van der Waals surface area contributed by atoms with Crippen LogP contribution in [0.2, 0.25) is 0 Å². The van der Waals surface area contributed by atoms with Crippen molar-refractivity contribution in [1.29, 1.82) is 0 Å². The third-order valence-electron chi connectivity index (χ3n) is 4.02. The molecule has 3 rings (SSSR count). The lowest BCUT2D eigenvalue weighted by Crippen LogP contribution is -2.12. The first kappa shape index (κ1) is 19.3. The van der Waals surface area contributed by atoms with Gasteiger partial charge in [0.1, 0.15) is 17.3 Å². The van der Waals surface area contributed by atoms with Crippen LogP contribution in [-0.4, -0.2) is 21.0 Å². The molecule has 2 aromatic carbocycles. The lowest BCUT2D eigenvalue weighted by atomic mass is 9.99. The topological polar surface area (TPSA) is 75.1 Å². The maximum Gasteiger partial charge on any atom is 0.433 e. The predicted octanol–water partition coefficient (Wildman–Crippen LogP) is 4.78. The van der Waals surface area contributed by atoms with Gasteiger partial charge in [0.2, 0.25) is 0 Å². The Morgan fingerprint density at radius 2 is 1.75 bits per heavy atom. The molecule has 0 spiro atoms. The number of carboxylic acids is 1. The van der Waals surface area contributed by atoms with Crippen molar-refractivity contribution in [1.82, 2.24) is 9.97 Å². The number of benzene rings is 2. The molecule has 0 aliphatic carbocycles. The molecule has 0 aliphatic rings. The SMILES string of the molecule is Cc1nc(NCc2ccc(-c3ccccc3C(=O)O)cc2)cc(C(F)(F)F)n1. The van der Waals surface area contributed by atoms with Gasteiger partial charge in [0, 0.05) is 12.6 Å². The average molecular weight is 387 g/mol. The van der Waals surface area contributed by atoms with Gasteiger partial charge in [-0.25, -0.2) is 14.8 Å². The number of aromatic nitrogens is 2. The van der Waals surface area contributed by atoms with Crippen LogP contribution in [0, 0.1) is 6.92 Å². The van der Waals surface area contributed by atoms with Crippen LogP contribution in [0.25, 0.3) is 11.1 Å². The first-order valence-electron chi connectivity index (χ1n) is 8.32. The summed E-state index contributed by atoms with van der Waals surface area (Å²) >= 11 is 0. The standard InChI is InChI=1S/C20H16F3N3O2/c1-12-25-17(20(21,22)23)10-18(26-12)24-11-13-6-8-14(9-7-13)15-4-2-3-5-16(15)19(27)28/h2-10H,11H2,1H3,(H,27,28)(H,24,25,26). The minimum absolute atomic E-state index is 0.0259. The summed E-state index contributed by atoms with van der Waals surface area (Å²) in [5, 5.41) is 12.1. The number of carboxylic acid groups (broad SMARTS) is 1. The Morgan fingerprint density at radius 3 is 2.39 bits per heavy atom. The van der Waals surface area contributed by atoms with Crippen molar-refractivity contribution in [3.05, 3.63) is 77.2 Å². The van der Waals surface area contributed by atoms with Gasteiger partial charge in [0.05, 0.1) is 5.56 Å². The first-order chi connectivity index (χ1) is 13.2. The van der Waals surface area contributed by atoms with Crippen molar-refractivity contribution in [2.75, 3.05) is 5.32 Å². The number of hydrogen-bond donors (Lipinski definition) is 2. The van der Waals surface area contributed by atoms with Crippen LogP contribution in [0.1, 0.15) is 27.4 Å². The van der Waals surface area contributed by atoms with E-state index in [0.717, 1.165) is 17.2 Å². The smallest absolute Gasteiger partial charge is 0.433 e. The summed E-state index contributed by atoms with van der Waals surface area (Å²) in [6.45, 7) is 1.66. The largest absolute Gasteiger partial charge is 0.478 e. The summed E-state index contributed by atoms with van der Waals surface area (Å²) in [7, 11) is 0. The molecule has 0 aliphatic heterocycles. The minimum Gasteiger partial charge on any atom is -0.478 e. The highest BCUT2D eigenvalue weighted by Crippen LogP contribution is 2.29. The fourth-order valence-corrected chi connectivity index (χ4v) is 2.72. The number of carbonyl (C=O) groups is 1. The molecule has 0 atom stereocenters. The number of anilines is 1. The highest BCUT2D eigenvalue weighted by Gasteiger charge is 2.33. The normalized spacial score (nSPS) is 11.3. The molecule has 8 heteroatoms. The van der Waals surface area contributed by atoms with Gasteiger partial charge in [-0.3, -0.25) is 0 Å². The summed E-state index contributed by atoms with van der Waals surface area (Å²) < 4.78 is 38.5. The molecule has 0 saturated heterocycles. The monoisotopic (exact) mass is 387 g/mol. The van der Waals surface area contributed by atoms with Crippen molar-refractivity contribution in [3.63, 3.8) is 0 Å². The van der Waals surface area contributed by atoms with Crippen molar-refractivity contribution >= 4 is 11.8 Å². The van der Waals surface area contributed by atoms with Crippen LogP contribution < -0.4 is 5.32 Å². The molecule has 0 amide bonds. The van der Waals surface area contributed by atoms with E-state index in [9.17, 15) is 23.1 Å². The maximum atomic E-state index is 12.8. The Hall–Kier alpha value is -3.42. The molecule has 144 valence electrons. The zero-order valence-electron chi connectivity index (χ0n) is 14.8. The maximum absolute atomic E-state index is 12.8. The van der Waals surface area contributed by atoms with Crippen LogP contribution in [0.3, 0.4) is 0 Å². The van der Waals surface area contributed by atoms with Gasteiger partial charge in [0.25, 0.3) is 0 Å². The number of aryl methyl sites for hydroxylation is 1. The number of rotatable bonds is 5. The molecular weight excluding hydrogens is 371 g/mol. The Kier molecular flexibility index (Phi) is 5.30. The lowest BCUT2D eigenvalue weighted by Gasteiger charge is -2.11. The highest BCUT2D eigenvalue weighted by atomic mass is 19.4. The van der Waals surface area contributed by atoms with Gasteiger partial charge in [-0.05, 0) is 29.7 Å². The van der Waals surface area contributed by atoms with E-state index in [1.807, 2.05) is 0 Å². The van der Waals surface area contributed by atoms with Crippen molar-refractivity contribution in [3.8, 4) is 11.1 Å². The number of nitrogens with zero attached hydrogens (tertiary/aromatic N) is 2. The zero-order chi connectivity index (χ0) is 20.3. The van der Waals surface area contributed by atoms with Crippen LogP contribution in [0.5, 0.6) is 0 Å². The minimum atomic E-state index is -4.54. The van der Waals surface area contributed by atoms with E-state index in [1.165, 1.54) is 13.0 Å². The third-order valence-corrected chi connectivity index (χ3v) is 4.02. The summed E-state index contributed by atoms with van der Waals surface area (Å²) in [6.07, 6.45) is -4.54. The lowest BCUT2D eigenvalue weighted by molar-refractivity contribution is -0.141. The predicted molar refractivity (Wildman–Crippen MR) is 97.9 cm³/mol. The molecule has 2 N–H and O–H groups in total. The Labute approximate surface area is 158 Å². The van der Waals surface area contributed by atoms with E-state index in [2.05, 4.69) is 15.3 Å². The number of halogens is 3. The fraction of sp³-hybridized carbons (Fsp3) is 0.150. The van der Waals surface area contributed by atoms with E-state index in [0.29, 0.717) is 5.56 Å². The molecule has 1 heterocycles. The van der Waals surface area contributed by atoms with Gasteiger partial charge in [0.15, 0.2) is 0 Å². The summed E-state index contributed by atoms with van der Waals surface area (Å²) in [5.41, 5.74) is 1.34. The highest BCUT2D eigenvalue weighted by molar-refractivity contribution is 5.95. The van der Waals surface area contributed by atoms with Crippen LogP contribution in [0.4, 0.5) is 19.0 Å². The van der Waals surface area contributed by atoms with E-state index in [1.54, 1.807) is 42.5 Å². The Bertz CT molecular complexity index is 1000. The average Bonchev–Trinajstić information content (AvgIpc) is 2.65. The van der Waals surface area contributed by atoms with E-state index >= 15 is 0 Å². The zero-order valence-corrected chi connectivity index (χ0v) is 14.8. The van der Waals surface area contributed by atoms with Crippen LogP contribution in [-0.2, 0) is 12.7 Å². The second-order valence-electron chi connectivity index (χ2n) is 6.08. The second-order valence-corrected chi connectivity index (χ2v) is 6.08. The summed E-state index contributed by atoms with van der Waals surface area (Å²) in [6, 6.07) is 14.6. The second kappa shape index (κ2) is 7.67. The van der Waals surface area contributed by atoms with Crippen molar-refractivity contribution < 1.29 is 23.1 Å². The quantitative estimate of drug-likeness (QED) is 0.659. The van der Waals surface area contributed by atoms with Crippen molar-refractivity contribution in [2.24, 2.45) is 0 Å². The number of hydrogen-bond acceptors (Lipinski definition) is 4. The van der Waals surface area contributed by atoms with Gasteiger partial charge >= 0.3 is 12.1 Å². The summed E-state index contributed by atoms with van der Waals surface area (Å²) in [5.74, 6) is -0.904. The molecule has 0 unspecified atom stereocenters. The number of nitrogens with one attached hydrogen (secondary N) is 1. The summed E-state index contributed by atoms with van der Waals surface area (Å²) in [4.78, 5) is 18.7. The molecule has 0 radical (unpaired) electrons. The molecule has 28 heavy (non-hydrogen) atoms. The van der Waals surface area contributed by atoms with Gasteiger partial charge in [-0.2, -0.15) is 13.2 Å². The van der Waals surface area contributed by atoms with Gasteiger partial charge < -0.3 is 10.4 Å². The molecule has 0 saturated carbocycles. The van der Waals surface area contributed by atoms with Crippen molar-refractivity contribution in [2.45, 2.75) is 19.6 Å². The molecule has 0 bridgehead atoms. The van der Waals surface area contributed by atoms with Crippen LogP contribution >= 0.6 is 0 Å². The molecule has 3 aromatic rings. The van der Waals surface area contributed by atoms with Gasteiger partial charge in [-0.15, -0.1) is 0 Å².